The van der Waals surface area contributed by atoms with Crippen molar-refractivity contribution in [2.75, 3.05) is 36.4 Å². The molecule has 0 bridgehead atoms. The maximum Gasteiger partial charge on any atom is 0.282 e. The molecule has 8 nitrogen and oxygen atoms in total. The predicted octanol–water partition coefficient (Wildman–Crippen LogP) is 4.46. The molecule has 1 aliphatic heterocycles. The van der Waals surface area contributed by atoms with Crippen LogP contribution < -0.4 is 10.2 Å². The average molecular weight is 465 g/mol. The third kappa shape index (κ3) is 5.12. The Kier molecular flexibility index (Phi) is 6.55. The van der Waals surface area contributed by atoms with E-state index in [1.807, 2.05) is 17.0 Å². The van der Waals surface area contributed by atoms with Gasteiger partial charge in [-0.1, -0.05) is 23.7 Å². The number of carbonyl (C=O) groups is 2. The summed E-state index contributed by atoms with van der Waals surface area (Å²) >= 11 is 5.90. The van der Waals surface area contributed by atoms with Crippen LogP contribution in [0.3, 0.4) is 0 Å². The summed E-state index contributed by atoms with van der Waals surface area (Å²) in [5, 5.41) is 14.4. The van der Waals surface area contributed by atoms with Crippen LogP contribution in [0.4, 0.5) is 17.1 Å². The van der Waals surface area contributed by atoms with Crippen molar-refractivity contribution in [2.24, 2.45) is 0 Å². The number of nitro benzene ring substituents is 1. The molecule has 2 amide bonds. The standard InChI is InChI=1S/C24H21ClN4O4/c25-18-7-5-17(6-8-18)24(31)28-15-13-27(14-16-28)20-11-9-19(10-12-20)26-23(30)21-3-1-2-4-22(21)29(32)33/h1-12H,13-16H2,(H,26,30). The molecule has 3 aromatic rings. The van der Waals surface area contributed by atoms with Gasteiger partial charge in [-0.15, -0.1) is 0 Å². The summed E-state index contributed by atoms with van der Waals surface area (Å²) in [6.07, 6.45) is 0. The van der Waals surface area contributed by atoms with E-state index < -0.39 is 10.8 Å². The lowest BCUT2D eigenvalue weighted by molar-refractivity contribution is -0.385. The summed E-state index contributed by atoms with van der Waals surface area (Å²) < 4.78 is 0. The van der Waals surface area contributed by atoms with E-state index in [0.717, 1.165) is 5.69 Å². The lowest BCUT2D eigenvalue weighted by atomic mass is 10.1. The van der Waals surface area contributed by atoms with Gasteiger partial charge in [0.2, 0.25) is 0 Å². The highest BCUT2D eigenvalue weighted by molar-refractivity contribution is 6.30. The van der Waals surface area contributed by atoms with Gasteiger partial charge >= 0.3 is 0 Å². The van der Waals surface area contributed by atoms with Gasteiger partial charge in [-0.3, -0.25) is 19.7 Å². The van der Waals surface area contributed by atoms with E-state index in [4.69, 9.17) is 11.6 Å². The summed E-state index contributed by atoms with van der Waals surface area (Å²) in [5.41, 5.74) is 1.90. The van der Waals surface area contributed by atoms with Crippen LogP contribution in [0.15, 0.2) is 72.8 Å². The molecule has 0 saturated carbocycles. The molecular weight excluding hydrogens is 444 g/mol. The molecule has 1 fully saturated rings. The van der Waals surface area contributed by atoms with Crippen LogP contribution >= 0.6 is 11.6 Å². The van der Waals surface area contributed by atoms with Crippen LogP contribution in [0.25, 0.3) is 0 Å². The minimum absolute atomic E-state index is 0.00746. The molecule has 1 heterocycles. The molecule has 1 N–H and O–H groups in total. The Bertz CT molecular complexity index is 1170. The lowest BCUT2D eigenvalue weighted by Crippen LogP contribution is -2.48. The number of para-hydroxylation sites is 1. The first-order valence-electron chi connectivity index (χ1n) is 10.4. The molecule has 1 saturated heterocycles. The molecular formula is C24H21ClN4O4. The molecule has 4 rings (SSSR count). The molecule has 0 aliphatic carbocycles. The zero-order valence-corrected chi connectivity index (χ0v) is 18.4. The highest BCUT2D eigenvalue weighted by atomic mass is 35.5. The number of anilines is 2. The zero-order valence-electron chi connectivity index (χ0n) is 17.6. The number of nitrogens with zero attached hydrogens (tertiary/aromatic N) is 3. The van der Waals surface area contributed by atoms with E-state index in [-0.39, 0.29) is 17.2 Å². The second-order valence-corrected chi connectivity index (χ2v) is 8.00. The molecule has 0 unspecified atom stereocenters. The summed E-state index contributed by atoms with van der Waals surface area (Å²) in [6.45, 7) is 2.55. The Morgan fingerprint density at radius 1 is 0.879 bits per heavy atom. The molecule has 9 heteroatoms. The number of hydrogen-bond acceptors (Lipinski definition) is 5. The normalized spacial score (nSPS) is 13.5. The second-order valence-electron chi connectivity index (χ2n) is 7.56. The Morgan fingerprint density at radius 3 is 2.15 bits per heavy atom. The third-order valence-electron chi connectivity index (χ3n) is 5.49. The quantitative estimate of drug-likeness (QED) is 0.444. The highest BCUT2D eigenvalue weighted by Crippen LogP contribution is 2.23. The number of hydrogen-bond donors (Lipinski definition) is 1. The molecule has 168 valence electrons. The van der Waals surface area contributed by atoms with Crippen LogP contribution in [-0.2, 0) is 0 Å². The fourth-order valence-corrected chi connectivity index (χ4v) is 3.85. The maximum absolute atomic E-state index is 12.7. The highest BCUT2D eigenvalue weighted by Gasteiger charge is 2.23. The van der Waals surface area contributed by atoms with Crippen molar-refractivity contribution in [3.8, 4) is 0 Å². The molecule has 33 heavy (non-hydrogen) atoms. The molecule has 0 spiro atoms. The van der Waals surface area contributed by atoms with Gasteiger partial charge in [-0.25, -0.2) is 0 Å². The monoisotopic (exact) mass is 464 g/mol. The Hall–Kier alpha value is -3.91. The van der Waals surface area contributed by atoms with Gasteiger partial charge in [-0.2, -0.15) is 0 Å². The minimum atomic E-state index is -0.574. The van der Waals surface area contributed by atoms with E-state index in [1.165, 1.54) is 18.2 Å². The number of benzene rings is 3. The van der Waals surface area contributed by atoms with Crippen LogP contribution in [0.1, 0.15) is 20.7 Å². The summed E-state index contributed by atoms with van der Waals surface area (Å²) in [5.74, 6) is -0.552. The minimum Gasteiger partial charge on any atom is -0.368 e. The number of halogens is 1. The van der Waals surface area contributed by atoms with Gasteiger partial charge in [0.05, 0.1) is 4.92 Å². The van der Waals surface area contributed by atoms with Crippen molar-refractivity contribution in [1.82, 2.24) is 4.90 Å². The number of carbonyl (C=O) groups excluding carboxylic acids is 2. The fraction of sp³-hybridized carbons (Fsp3) is 0.167. The van der Waals surface area contributed by atoms with Crippen LogP contribution in [0.2, 0.25) is 5.02 Å². The van der Waals surface area contributed by atoms with E-state index >= 15 is 0 Å². The molecule has 0 aromatic heterocycles. The summed E-state index contributed by atoms with van der Waals surface area (Å²) in [4.78, 5) is 39.7. The first-order chi connectivity index (χ1) is 15.9. The number of rotatable bonds is 5. The third-order valence-corrected chi connectivity index (χ3v) is 5.75. The molecule has 3 aromatic carbocycles. The smallest absolute Gasteiger partial charge is 0.282 e. The summed E-state index contributed by atoms with van der Waals surface area (Å²) in [7, 11) is 0. The first kappa shape index (κ1) is 22.3. The van der Waals surface area contributed by atoms with Crippen molar-refractivity contribution in [2.45, 2.75) is 0 Å². The number of nitrogens with one attached hydrogen (secondary N) is 1. The predicted molar refractivity (Wildman–Crippen MR) is 127 cm³/mol. The van der Waals surface area contributed by atoms with Gasteiger partial charge in [0.1, 0.15) is 5.56 Å². The van der Waals surface area contributed by atoms with Crippen LogP contribution in [-0.4, -0.2) is 47.8 Å². The first-order valence-corrected chi connectivity index (χ1v) is 10.7. The van der Waals surface area contributed by atoms with Crippen LogP contribution in [0, 0.1) is 10.1 Å². The zero-order chi connectivity index (χ0) is 23.4. The topological polar surface area (TPSA) is 95.8 Å². The molecule has 0 atom stereocenters. The lowest BCUT2D eigenvalue weighted by Gasteiger charge is -2.36. The Morgan fingerprint density at radius 2 is 1.52 bits per heavy atom. The SMILES string of the molecule is O=C(Nc1ccc(N2CCN(C(=O)c3ccc(Cl)cc3)CC2)cc1)c1ccccc1[N+](=O)[O-]. The number of nitro groups is 1. The summed E-state index contributed by atoms with van der Waals surface area (Å²) in [6, 6.07) is 20.0. The van der Waals surface area contributed by atoms with Crippen molar-refractivity contribution >= 4 is 40.5 Å². The maximum atomic E-state index is 12.7. The Labute approximate surface area is 195 Å². The van der Waals surface area contributed by atoms with Gasteiger partial charge < -0.3 is 15.1 Å². The van der Waals surface area contributed by atoms with E-state index in [0.29, 0.717) is 42.5 Å². The van der Waals surface area contributed by atoms with Gasteiger partial charge in [0.15, 0.2) is 0 Å². The van der Waals surface area contributed by atoms with Crippen molar-refractivity contribution < 1.29 is 14.5 Å². The number of piperazine rings is 1. The average Bonchev–Trinajstić information content (AvgIpc) is 2.84. The largest absolute Gasteiger partial charge is 0.368 e. The van der Waals surface area contributed by atoms with E-state index in [2.05, 4.69) is 10.2 Å². The molecule has 1 aliphatic rings. The van der Waals surface area contributed by atoms with Crippen molar-refractivity contribution in [1.29, 1.82) is 0 Å². The van der Waals surface area contributed by atoms with E-state index in [9.17, 15) is 19.7 Å². The molecule has 0 radical (unpaired) electrons. The van der Waals surface area contributed by atoms with Crippen molar-refractivity contribution in [3.63, 3.8) is 0 Å². The van der Waals surface area contributed by atoms with E-state index in [1.54, 1.807) is 42.5 Å². The van der Waals surface area contributed by atoms with Gasteiger partial charge in [0.25, 0.3) is 17.5 Å². The van der Waals surface area contributed by atoms with Gasteiger partial charge in [0, 0.05) is 54.2 Å². The van der Waals surface area contributed by atoms with Crippen molar-refractivity contribution in [3.05, 3.63) is 99.1 Å². The Balaban J connectivity index is 1.35. The second kappa shape index (κ2) is 9.70. The van der Waals surface area contributed by atoms with Crippen LogP contribution in [0.5, 0.6) is 0 Å². The van der Waals surface area contributed by atoms with Gasteiger partial charge in [-0.05, 0) is 54.6 Å². The fourth-order valence-electron chi connectivity index (χ4n) is 3.72. The number of amides is 2.